The molecule has 0 spiro atoms. The van der Waals surface area contributed by atoms with E-state index in [1.165, 1.54) is 12.1 Å². The van der Waals surface area contributed by atoms with Crippen LogP contribution in [0.25, 0.3) is 22.8 Å². The first kappa shape index (κ1) is 54.5. The maximum Gasteiger partial charge on any atom is 0.328 e. The van der Waals surface area contributed by atoms with Crippen LogP contribution in [0, 0.1) is 23.3 Å². The van der Waals surface area contributed by atoms with E-state index in [1.54, 1.807) is 125 Å². The number of ether oxygens (including phenoxy) is 4. The molecule has 0 saturated heterocycles. The Labute approximate surface area is 428 Å². The van der Waals surface area contributed by atoms with E-state index in [0.717, 1.165) is 25.0 Å². The lowest BCUT2D eigenvalue weighted by Gasteiger charge is -2.27. The zero-order valence-corrected chi connectivity index (χ0v) is 43.6. The van der Waals surface area contributed by atoms with E-state index in [-0.39, 0.29) is 64.4 Å². The second kappa shape index (κ2) is 25.1. The van der Waals surface area contributed by atoms with E-state index in [0.29, 0.717) is 35.8 Å². The topological polar surface area (TPSA) is 148 Å². The molecule has 8 aromatic rings. The number of benzene rings is 6. The number of unbranched alkanes of at least 4 members (excludes halogenated alkanes) is 2. The van der Waals surface area contributed by atoms with Gasteiger partial charge in [0, 0.05) is 23.6 Å². The molecule has 0 aliphatic heterocycles. The highest BCUT2D eigenvalue weighted by Crippen LogP contribution is 2.55. The number of para-hydroxylation sites is 4. The molecule has 74 heavy (non-hydrogen) atoms. The smallest absolute Gasteiger partial charge is 0.328 e. The maximum absolute atomic E-state index is 16.1. The van der Waals surface area contributed by atoms with Crippen LogP contribution < -0.4 is 29.6 Å². The van der Waals surface area contributed by atoms with Gasteiger partial charge in [0.15, 0.2) is 11.6 Å². The minimum Gasteiger partial charge on any atom is -0.424 e. The van der Waals surface area contributed by atoms with Crippen molar-refractivity contribution < 1.29 is 45.6 Å². The molecule has 8 rings (SSSR count). The van der Waals surface area contributed by atoms with Crippen LogP contribution in [0.1, 0.15) is 67.2 Å². The average molecular weight is 1050 g/mol. The van der Waals surface area contributed by atoms with Crippen LogP contribution in [-0.2, 0) is 9.13 Å². The molecule has 6 aromatic carbocycles. The maximum atomic E-state index is 16.1. The first-order valence-electron chi connectivity index (χ1n) is 24.2. The summed E-state index contributed by atoms with van der Waals surface area (Å²) in [4.78, 5) is 25.6. The van der Waals surface area contributed by atoms with Crippen molar-refractivity contribution in [2.75, 3.05) is 12.3 Å². The Kier molecular flexibility index (Phi) is 18.5. The largest absolute Gasteiger partial charge is 0.424 e. The summed E-state index contributed by atoms with van der Waals surface area (Å²) in [6.07, 6.45) is 3.24. The Bertz CT molecular complexity index is 3090. The van der Waals surface area contributed by atoms with Gasteiger partial charge < -0.3 is 28.1 Å². The molecule has 0 aliphatic rings. The fourth-order valence-corrected chi connectivity index (χ4v) is 14.2. The number of nitrogens with zero attached hydrogens (tertiary/aromatic N) is 6. The average Bonchev–Trinajstić information content (AvgIpc) is 3.38. The molecule has 18 heteroatoms. The Hall–Kier alpha value is -7.28. The molecule has 0 aliphatic carbocycles. The normalized spacial score (nSPS) is 11.5. The van der Waals surface area contributed by atoms with Gasteiger partial charge in [0.1, 0.15) is 60.6 Å². The number of hydrogen-bond acceptors (Lipinski definition) is 12. The molecular formula is C56H56F4N6O6P2. The number of halogens is 4. The molecule has 0 unspecified atom stereocenters. The molecule has 0 atom stereocenters. The lowest BCUT2D eigenvalue weighted by atomic mass is 10.2. The van der Waals surface area contributed by atoms with Crippen LogP contribution in [0.3, 0.4) is 0 Å². The first-order chi connectivity index (χ1) is 35.6. The van der Waals surface area contributed by atoms with Crippen molar-refractivity contribution in [3.8, 4) is 69.8 Å². The Balaban J connectivity index is 0.000000217. The van der Waals surface area contributed by atoms with Gasteiger partial charge in [-0.3, -0.25) is 0 Å². The molecule has 0 N–H and O–H groups in total. The standard InChI is InChI=1S/C29H30F2N3O3P.C27H26F2N3O3P/c1-3-5-19-38(35,20-6-4-2)26-24(30)18-17-23(25(26)31)27-32-28(36-21-13-9-7-10-14-21)34-29(33-27)37-22-15-11-8-12-16-22;1-17(2)36(33,18(3)4)24-22(28)16-15-21(23(24)29)25-30-26(34-19-11-7-5-8-12-19)32-27(31-25)35-20-13-9-6-10-14-20/h7-18H,3-6,19-20H2,1-2H3;5-18H,1-4H3. The van der Waals surface area contributed by atoms with Gasteiger partial charge in [-0.25, -0.2) is 17.6 Å². The molecule has 384 valence electrons. The molecule has 0 bridgehead atoms. The van der Waals surface area contributed by atoms with Crippen LogP contribution in [-0.4, -0.2) is 53.5 Å². The third kappa shape index (κ3) is 13.3. The highest BCUT2D eigenvalue weighted by Gasteiger charge is 2.39. The Morgan fingerprint density at radius 1 is 0.419 bits per heavy atom. The lowest BCUT2D eigenvalue weighted by Crippen LogP contribution is -2.26. The summed E-state index contributed by atoms with van der Waals surface area (Å²) in [5, 5.41) is -0.796. The number of hydrogen-bond donors (Lipinski definition) is 0. The minimum absolute atomic E-state index is 0.104. The van der Waals surface area contributed by atoms with Gasteiger partial charge in [-0.15, -0.1) is 9.97 Å². The molecule has 0 fully saturated rings. The van der Waals surface area contributed by atoms with Gasteiger partial charge in [-0.2, -0.15) is 19.9 Å². The summed E-state index contributed by atoms with van der Waals surface area (Å²) in [6, 6.07) is 39.4. The highest BCUT2D eigenvalue weighted by molar-refractivity contribution is 7.73. The van der Waals surface area contributed by atoms with Crippen molar-refractivity contribution in [3.63, 3.8) is 0 Å². The zero-order chi connectivity index (χ0) is 52.8. The van der Waals surface area contributed by atoms with Crippen LogP contribution in [0.4, 0.5) is 17.6 Å². The van der Waals surface area contributed by atoms with Gasteiger partial charge in [-0.05, 0) is 85.6 Å². The number of aromatic nitrogens is 6. The summed E-state index contributed by atoms with van der Waals surface area (Å²) < 4.78 is 113. The summed E-state index contributed by atoms with van der Waals surface area (Å²) in [5.41, 5.74) is -1.17. The molecule has 12 nitrogen and oxygen atoms in total. The van der Waals surface area contributed by atoms with Crippen molar-refractivity contribution in [2.24, 2.45) is 0 Å². The second-order valence-corrected chi connectivity index (χ2v) is 24.6. The minimum atomic E-state index is -3.46. The molecular weight excluding hydrogens is 991 g/mol. The molecule has 0 amide bonds. The number of rotatable bonds is 20. The van der Waals surface area contributed by atoms with E-state index < -0.39 is 54.2 Å². The van der Waals surface area contributed by atoms with E-state index in [4.69, 9.17) is 18.9 Å². The zero-order valence-electron chi connectivity index (χ0n) is 41.8. The summed E-state index contributed by atoms with van der Waals surface area (Å²) >= 11 is 0. The summed E-state index contributed by atoms with van der Waals surface area (Å²) in [7, 11) is -6.80. The SMILES string of the molecule is CC(C)P(=O)(c1c(F)ccc(-c2nc(Oc3ccccc3)nc(Oc3ccccc3)n2)c1F)C(C)C.CCCCP(=O)(CCCC)c1c(F)ccc(-c2nc(Oc3ccccc3)nc(Oc3ccccc3)n2)c1F. The Morgan fingerprint density at radius 3 is 1.01 bits per heavy atom. The molecule has 0 radical (unpaired) electrons. The fraction of sp³-hybridized carbons (Fsp3) is 0.250. The van der Waals surface area contributed by atoms with E-state index in [1.807, 2.05) is 38.1 Å². The van der Waals surface area contributed by atoms with Crippen molar-refractivity contribution in [1.82, 2.24) is 29.9 Å². The van der Waals surface area contributed by atoms with Crippen LogP contribution in [0.2, 0.25) is 0 Å². The van der Waals surface area contributed by atoms with E-state index in [2.05, 4.69) is 29.9 Å². The van der Waals surface area contributed by atoms with E-state index in [9.17, 15) is 13.5 Å². The third-order valence-electron chi connectivity index (χ3n) is 11.7. The quantitative estimate of drug-likeness (QED) is 0.0528. The fourth-order valence-electron chi connectivity index (χ4n) is 7.87. The highest BCUT2D eigenvalue weighted by atomic mass is 31.2. The van der Waals surface area contributed by atoms with Crippen molar-refractivity contribution in [2.45, 2.75) is 78.5 Å². The second-order valence-electron chi connectivity index (χ2n) is 17.6. The Morgan fingerprint density at radius 2 is 0.716 bits per heavy atom. The monoisotopic (exact) mass is 1050 g/mol. The van der Waals surface area contributed by atoms with Crippen LogP contribution in [0.5, 0.6) is 47.0 Å². The van der Waals surface area contributed by atoms with Crippen LogP contribution >= 0.6 is 14.3 Å². The van der Waals surface area contributed by atoms with Gasteiger partial charge in [-0.1, -0.05) is 127 Å². The van der Waals surface area contributed by atoms with Gasteiger partial charge in [0.05, 0.1) is 21.7 Å². The molecule has 2 aromatic heterocycles. The lowest BCUT2D eigenvalue weighted by molar-refractivity contribution is 0.397. The summed E-state index contributed by atoms with van der Waals surface area (Å²) in [5.74, 6) is -2.03. The van der Waals surface area contributed by atoms with E-state index >= 15 is 13.2 Å². The molecule has 2 heterocycles. The van der Waals surface area contributed by atoms with Crippen molar-refractivity contribution in [1.29, 1.82) is 0 Å². The third-order valence-corrected chi connectivity index (χ3v) is 19.1. The van der Waals surface area contributed by atoms with Gasteiger partial charge in [0.2, 0.25) is 0 Å². The first-order valence-corrected chi connectivity index (χ1v) is 28.1. The predicted molar refractivity (Wildman–Crippen MR) is 281 cm³/mol. The van der Waals surface area contributed by atoms with Gasteiger partial charge in [0.25, 0.3) is 0 Å². The molecule has 0 saturated carbocycles. The van der Waals surface area contributed by atoms with Gasteiger partial charge >= 0.3 is 24.0 Å². The predicted octanol–water partition coefficient (Wildman–Crippen LogP) is 15.2. The van der Waals surface area contributed by atoms with Crippen molar-refractivity contribution >= 4 is 24.9 Å². The van der Waals surface area contributed by atoms with Crippen LogP contribution in [0.15, 0.2) is 146 Å². The summed E-state index contributed by atoms with van der Waals surface area (Å²) in [6.45, 7) is 10.7. The van der Waals surface area contributed by atoms with Crippen molar-refractivity contribution in [3.05, 3.63) is 169 Å².